The summed E-state index contributed by atoms with van der Waals surface area (Å²) >= 11 is 0. The first-order valence-corrected chi connectivity index (χ1v) is 19.5. The van der Waals surface area contributed by atoms with Crippen LogP contribution in [0.25, 0.3) is 11.1 Å². The number of ether oxygens (including phenoxy) is 1. The van der Waals surface area contributed by atoms with Crippen LogP contribution in [-0.2, 0) is 25.7 Å². The van der Waals surface area contributed by atoms with Crippen LogP contribution < -0.4 is 16.1 Å². The Morgan fingerprint density at radius 2 is 1.56 bits per heavy atom. The van der Waals surface area contributed by atoms with E-state index in [1.165, 1.54) is 0 Å². The molecule has 0 aliphatic carbocycles. The van der Waals surface area contributed by atoms with Crippen molar-refractivity contribution < 1.29 is 29.0 Å². The number of nitrogens with zero attached hydrogens (tertiary/aromatic N) is 4. The zero-order chi connectivity index (χ0) is 38.1. The van der Waals surface area contributed by atoms with Gasteiger partial charge < -0.3 is 25.8 Å². The van der Waals surface area contributed by atoms with Gasteiger partial charge in [0.05, 0.1) is 18.2 Å². The van der Waals surface area contributed by atoms with Crippen molar-refractivity contribution in [1.82, 2.24) is 20.1 Å². The first-order valence-electron chi connectivity index (χ1n) is 19.5. The predicted octanol–water partition coefficient (Wildman–Crippen LogP) is 5.84. The molecule has 2 aliphatic rings. The lowest BCUT2D eigenvalue weighted by molar-refractivity contribution is -0.132. The predicted molar refractivity (Wildman–Crippen MR) is 209 cm³/mol. The number of phenolic OH excluding ortho intramolecular Hbond substituents is 1. The molecule has 2 saturated heterocycles. The molecule has 0 saturated carbocycles. The summed E-state index contributed by atoms with van der Waals surface area (Å²) < 4.78 is 5.70. The SMILES string of the molecule is NC(=O)[C@H]1CCCN1CCCC(=O)N(CCCCCNC(=O)CCOC(=O)N(c1ccccc1-c1ccccc1)N1CCCCC1)Cc1ccc(O)cc1. The lowest BCUT2D eigenvalue weighted by Crippen LogP contribution is -2.49. The maximum absolute atomic E-state index is 13.6. The number of aromatic hydroxyl groups is 1. The van der Waals surface area contributed by atoms with E-state index in [-0.39, 0.29) is 42.5 Å². The number of anilines is 1. The molecule has 3 aromatic carbocycles. The summed E-state index contributed by atoms with van der Waals surface area (Å²) in [5.74, 6) is -0.264. The van der Waals surface area contributed by atoms with Gasteiger partial charge in [-0.1, -0.05) is 67.1 Å². The van der Waals surface area contributed by atoms with Gasteiger partial charge in [-0.2, -0.15) is 0 Å². The number of carbonyl (C=O) groups excluding carboxylic acids is 4. The molecule has 54 heavy (non-hydrogen) atoms. The van der Waals surface area contributed by atoms with Crippen LogP contribution in [0.3, 0.4) is 0 Å². The zero-order valence-corrected chi connectivity index (χ0v) is 31.4. The number of hydrazine groups is 1. The number of unbranched alkanes of at least 4 members (excludes halogenated alkanes) is 2. The highest BCUT2D eigenvalue weighted by Crippen LogP contribution is 2.33. The topological polar surface area (TPSA) is 149 Å². The van der Waals surface area contributed by atoms with E-state index < -0.39 is 6.09 Å². The standard InChI is InChI=1S/C42H56N6O6/c43-41(52)38-18-12-27-45(38)28-13-19-40(51)46(32-33-20-22-35(49)23-21-33)26-9-2-8-25-44-39(50)24-31-54-42(53)48(47-29-10-3-11-30-47)37-17-7-6-16-36(37)34-14-4-1-5-15-34/h1,4-7,14-17,20-23,38,49H,2-3,8-13,18-19,24-32H2,(H2,43,52)(H,44,50)/t38-/m1/s1. The van der Waals surface area contributed by atoms with E-state index in [9.17, 15) is 24.3 Å². The highest BCUT2D eigenvalue weighted by molar-refractivity contribution is 5.93. The Morgan fingerprint density at radius 1 is 0.815 bits per heavy atom. The van der Waals surface area contributed by atoms with Crippen molar-refractivity contribution in [2.24, 2.45) is 5.73 Å². The second-order valence-electron chi connectivity index (χ2n) is 14.2. The molecule has 2 heterocycles. The molecule has 0 radical (unpaired) electrons. The summed E-state index contributed by atoms with van der Waals surface area (Å²) in [6.45, 7) is 4.44. The minimum atomic E-state index is -0.495. The number of likely N-dealkylation sites (tertiary alicyclic amines) is 1. The summed E-state index contributed by atoms with van der Waals surface area (Å²) in [5.41, 5.74) is 9.18. The molecule has 290 valence electrons. The van der Waals surface area contributed by atoms with E-state index in [2.05, 4.69) is 10.2 Å². The monoisotopic (exact) mass is 740 g/mol. The average molecular weight is 741 g/mol. The number of amides is 4. The van der Waals surface area contributed by atoms with Gasteiger partial charge in [0.1, 0.15) is 12.4 Å². The summed E-state index contributed by atoms with van der Waals surface area (Å²) in [6, 6.07) is 24.4. The molecule has 4 N–H and O–H groups in total. The number of rotatable bonds is 19. The Balaban J connectivity index is 1.04. The Kier molecular flexibility index (Phi) is 15.7. The van der Waals surface area contributed by atoms with Crippen LogP contribution in [0.5, 0.6) is 5.75 Å². The molecular formula is C42H56N6O6. The van der Waals surface area contributed by atoms with Crippen molar-refractivity contribution >= 4 is 29.5 Å². The van der Waals surface area contributed by atoms with Gasteiger partial charge in [0, 0.05) is 44.7 Å². The second kappa shape index (κ2) is 21.1. The van der Waals surface area contributed by atoms with Crippen molar-refractivity contribution in [2.45, 2.75) is 83.2 Å². The molecule has 0 spiro atoms. The van der Waals surface area contributed by atoms with E-state index in [0.717, 1.165) is 93.4 Å². The van der Waals surface area contributed by atoms with Crippen LogP contribution in [-0.4, -0.2) is 95.6 Å². The molecule has 1 atom stereocenters. The third-order valence-corrected chi connectivity index (χ3v) is 10.2. The molecule has 0 unspecified atom stereocenters. The molecular weight excluding hydrogens is 684 g/mol. The fourth-order valence-corrected chi connectivity index (χ4v) is 7.30. The number of para-hydroxylation sites is 1. The number of nitrogens with two attached hydrogens (primary N) is 1. The number of primary amides is 1. The third kappa shape index (κ3) is 12.0. The highest BCUT2D eigenvalue weighted by atomic mass is 16.6. The van der Waals surface area contributed by atoms with Gasteiger partial charge in [-0.3, -0.25) is 19.3 Å². The summed E-state index contributed by atoms with van der Waals surface area (Å²) in [5, 5.41) is 16.3. The Hall–Kier alpha value is -4.94. The van der Waals surface area contributed by atoms with Crippen LogP contribution in [0.2, 0.25) is 0 Å². The average Bonchev–Trinajstić information content (AvgIpc) is 3.67. The lowest BCUT2D eigenvalue weighted by Gasteiger charge is -2.37. The van der Waals surface area contributed by atoms with Gasteiger partial charge in [-0.25, -0.2) is 14.8 Å². The van der Waals surface area contributed by atoms with Gasteiger partial charge >= 0.3 is 6.09 Å². The maximum atomic E-state index is 13.6. The number of piperidine rings is 1. The van der Waals surface area contributed by atoms with Crippen molar-refractivity contribution in [3.63, 3.8) is 0 Å². The largest absolute Gasteiger partial charge is 0.508 e. The number of nitrogens with one attached hydrogen (secondary N) is 1. The smallest absolute Gasteiger partial charge is 0.429 e. The van der Waals surface area contributed by atoms with Gasteiger partial charge in [-0.15, -0.1) is 0 Å². The van der Waals surface area contributed by atoms with Crippen molar-refractivity contribution in [1.29, 1.82) is 0 Å². The Morgan fingerprint density at radius 3 is 2.31 bits per heavy atom. The van der Waals surface area contributed by atoms with Crippen molar-refractivity contribution in [3.05, 3.63) is 84.4 Å². The van der Waals surface area contributed by atoms with E-state index in [0.29, 0.717) is 39.0 Å². The number of hydrogen-bond donors (Lipinski definition) is 3. The zero-order valence-electron chi connectivity index (χ0n) is 31.4. The van der Waals surface area contributed by atoms with Gasteiger partial charge in [0.25, 0.3) is 0 Å². The van der Waals surface area contributed by atoms with Crippen LogP contribution in [0.4, 0.5) is 10.5 Å². The minimum absolute atomic E-state index is 0.0300. The van der Waals surface area contributed by atoms with Crippen LogP contribution in [0, 0.1) is 0 Å². The van der Waals surface area contributed by atoms with E-state index in [4.69, 9.17) is 10.5 Å². The van der Waals surface area contributed by atoms with E-state index in [1.807, 2.05) is 76.6 Å². The molecule has 0 bridgehead atoms. The van der Waals surface area contributed by atoms with Gasteiger partial charge in [0.15, 0.2) is 0 Å². The fraction of sp³-hybridized carbons (Fsp3) is 0.476. The molecule has 3 aromatic rings. The summed E-state index contributed by atoms with van der Waals surface area (Å²) in [7, 11) is 0. The number of phenols is 1. The molecule has 4 amide bonds. The first-order chi connectivity index (χ1) is 26.3. The Bertz CT molecular complexity index is 1650. The molecule has 12 nitrogen and oxygen atoms in total. The van der Waals surface area contributed by atoms with E-state index in [1.54, 1.807) is 17.1 Å². The maximum Gasteiger partial charge on any atom is 0.429 e. The van der Waals surface area contributed by atoms with Crippen LogP contribution in [0.1, 0.15) is 76.2 Å². The number of benzene rings is 3. The van der Waals surface area contributed by atoms with Crippen LogP contribution >= 0.6 is 0 Å². The number of hydrogen-bond acceptors (Lipinski definition) is 8. The highest BCUT2D eigenvalue weighted by Gasteiger charge is 2.30. The lowest BCUT2D eigenvalue weighted by atomic mass is 10.0. The molecule has 5 rings (SSSR count). The minimum Gasteiger partial charge on any atom is -0.508 e. The van der Waals surface area contributed by atoms with Crippen LogP contribution in [0.15, 0.2) is 78.9 Å². The van der Waals surface area contributed by atoms with E-state index >= 15 is 0 Å². The second-order valence-corrected chi connectivity index (χ2v) is 14.2. The number of carbonyl (C=O) groups is 4. The van der Waals surface area contributed by atoms with Crippen molar-refractivity contribution in [3.8, 4) is 16.9 Å². The normalized spacial score (nSPS) is 16.1. The molecule has 0 aromatic heterocycles. The molecule has 2 fully saturated rings. The van der Waals surface area contributed by atoms with Gasteiger partial charge in [-0.05, 0) is 93.8 Å². The molecule has 12 heteroatoms. The van der Waals surface area contributed by atoms with Crippen molar-refractivity contribution in [2.75, 3.05) is 50.9 Å². The quantitative estimate of drug-likeness (QED) is 0.130. The third-order valence-electron chi connectivity index (χ3n) is 10.2. The fourth-order valence-electron chi connectivity index (χ4n) is 7.30. The molecule has 2 aliphatic heterocycles. The summed E-state index contributed by atoms with van der Waals surface area (Å²) in [6.07, 6.45) is 7.72. The Labute approximate surface area is 319 Å². The first kappa shape index (κ1) is 40.2. The summed E-state index contributed by atoms with van der Waals surface area (Å²) in [4.78, 5) is 55.3. The van der Waals surface area contributed by atoms with Gasteiger partial charge in [0.2, 0.25) is 17.7 Å².